The molecule has 4 aromatic rings. The van der Waals surface area contributed by atoms with Crippen LogP contribution < -0.4 is 19.9 Å². The van der Waals surface area contributed by atoms with E-state index < -0.39 is 5.69 Å². The lowest BCUT2D eigenvalue weighted by Gasteiger charge is -2.15. The zero-order valence-corrected chi connectivity index (χ0v) is 18.3. The van der Waals surface area contributed by atoms with Crippen molar-refractivity contribution in [2.45, 2.75) is 20.5 Å². The molecular weight excluding hydrogens is 420 g/mol. The minimum atomic E-state index is -0.426. The molecule has 0 aliphatic heterocycles. The minimum absolute atomic E-state index is 0.277. The lowest BCUT2D eigenvalue weighted by molar-refractivity contribution is 0.284. The molecule has 0 unspecified atom stereocenters. The van der Waals surface area contributed by atoms with E-state index in [9.17, 15) is 4.79 Å². The molecule has 0 amide bonds. The first-order valence-corrected chi connectivity index (χ1v) is 9.89. The zero-order chi connectivity index (χ0) is 22.1. The first-order chi connectivity index (χ1) is 14.9. The highest BCUT2D eigenvalue weighted by Crippen LogP contribution is 2.36. The van der Waals surface area contributed by atoms with Crippen LogP contribution in [-0.2, 0) is 6.61 Å². The van der Waals surface area contributed by atoms with Gasteiger partial charge in [-0.3, -0.25) is 4.98 Å². The molecule has 2 heterocycles. The number of aromatic nitrogens is 4. The number of hydrogen-bond donors (Lipinski definition) is 1. The van der Waals surface area contributed by atoms with Crippen LogP contribution in [0.2, 0.25) is 5.02 Å². The number of aryl methyl sites for hydroxylation is 2. The minimum Gasteiger partial charge on any atom is -0.493 e. The highest BCUT2D eigenvalue weighted by atomic mass is 35.5. The van der Waals surface area contributed by atoms with E-state index in [0.29, 0.717) is 45.8 Å². The number of nitrogens with zero attached hydrogens (tertiary/aromatic N) is 3. The summed E-state index contributed by atoms with van der Waals surface area (Å²) in [5.74, 6) is 1.64. The highest BCUT2D eigenvalue weighted by molar-refractivity contribution is 6.32. The summed E-state index contributed by atoms with van der Waals surface area (Å²) >= 11 is 6.52. The molecule has 0 saturated heterocycles. The SMILES string of the molecule is COc1cc(Cl)c(-n2c(=O)[nH]c3c(OC)nc(C)nc32)cc1OCc1ccccc1C. The number of ether oxygens (including phenoxy) is 3. The van der Waals surface area contributed by atoms with Gasteiger partial charge in [-0.15, -0.1) is 0 Å². The van der Waals surface area contributed by atoms with Gasteiger partial charge in [0.05, 0.1) is 24.9 Å². The van der Waals surface area contributed by atoms with E-state index in [1.165, 1.54) is 18.8 Å². The summed E-state index contributed by atoms with van der Waals surface area (Å²) in [6.07, 6.45) is 0. The lowest BCUT2D eigenvalue weighted by Crippen LogP contribution is -2.16. The molecule has 31 heavy (non-hydrogen) atoms. The fourth-order valence-electron chi connectivity index (χ4n) is 3.33. The van der Waals surface area contributed by atoms with Crippen molar-refractivity contribution in [3.05, 3.63) is 68.9 Å². The average molecular weight is 441 g/mol. The number of aromatic amines is 1. The van der Waals surface area contributed by atoms with E-state index >= 15 is 0 Å². The lowest BCUT2D eigenvalue weighted by atomic mass is 10.1. The number of nitrogens with one attached hydrogen (secondary N) is 1. The van der Waals surface area contributed by atoms with Crippen LogP contribution in [0.25, 0.3) is 16.9 Å². The number of halogens is 1. The molecular formula is C22H21ClN4O4. The Morgan fingerprint density at radius 2 is 1.84 bits per heavy atom. The third kappa shape index (κ3) is 3.82. The van der Waals surface area contributed by atoms with Gasteiger partial charge in [-0.2, -0.15) is 4.98 Å². The molecule has 160 valence electrons. The number of methoxy groups -OCH3 is 2. The zero-order valence-electron chi connectivity index (χ0n) is 17.5. The molecule has 0 radical (unpaired) electrons. The highest BCUT2D eigenvalue weighted by Gasteiger charge is 2.20. The second kappa shape index (κ2) is 8.31. The third-order valence-electron chi connectivity index (χ3n) is 4.93. The Balaban J connectivity index is 1.84. The Morgan fingerprint density at radius 1 is 1.06 bits per heavy atom. The van der Waals surface area contributed by atoms with Crippen LogP contribution >= 0.6 is 11.6 Å². The maximum absolute atomic E-state index is 12.8. The van der Waals surface area contributed by atoms with Gasteiger partial charge in [0, 0.05) is 12.1 Å². The van der Waals surface area contributed by atoms with Crippen molar-refractivity contribution in [1.82, 2.24) is 19.5 Å². The van der Waals surface area contributed by atoms with Gasteiger partial charge in [0.25, 0.3) is 0 Å². The van der Waals surface area contributed by atoms with Gasteiger partial charge in [-0.05, 0) is 25.0 Å². The molecule has 2 aromatic carbocycles. The molecule has 4 rings (SSSR count). The maximum atomic E-state index is 12.8. The van der Waals surface area contributed by atoms with Gasteiger partial charge in [0.1, 0.15) is 17.9 Å². The molecule has 0 fully saturated rings. The van der Waals surface area contributed by atoms with E-state index in [0.717, 1.165) is 11.1 Å². The Kier molecular flexibility index (Phi) is 5.56. The standard InChI is InChI=1S/C22H21ClN4O4/c1-12-7-5-6-8-14(12)11-31-18-10-16(15(23)9-17(18)29-3)27-20-19(26-22(27)28)21(30-4)25-13(2)24-20/h5-10H,11H2,1-4H3,(H,26,28). The van der Waals surface area contributed by atoms with Crippen LogP contribution in [0.3, 0.4) is 0 Å². The van der Waals surface area contributed by atoms with Crippen LogP contribution in [0.5, 0.6) is 17.4 Å². The second-order valence-electron chi connectivity index (χ2n) is 6.91. The van der Waals surface area contributed by atoms with Crippen molar-refractivity contribution in [2.24, 2.45) is 0 Å². The van der Waals surface area contributed by atoms with Gasteiger partial charge in [0.15, 0.2) is 17.1 Å². The molecule has 8 nitrogen and oxygen atoms in total. The first kappa shape index (κ1) is 20.7. The van der Waals surface area contributed by atoms with Crippen LogP contribution in [-0.4, -0.2) is 33.7 Å². The average Bonchev–Trinajstić information content (AvgIpc) is 3.08. The number of benzene rings is 2. The number of fused-ring (bicyclic) bond motifs is 1. The molecule has 2 aromatic heterocycles. The van der Waals surface area contributed by atoms with Crippen LogP contribution in [0.15, 0.2) is 41.2 Å². The number of hydrogen-bond acceptors (Lipinski definition) is 6. The Labute approximate surface area is 183 Å². The van der Waals surface area contributed by atoms with Crippen molar-refractivity contribution in [3.63, 3.8) is 0 Å². The monoisotopic (exact) mass is 440 g/mol. The van der Waals surface area contributed by atoms with Crippen LogP contribution in [0.4, 0.5) is 0 Å². The van der Waals surface area contributed by atoms with Crippen molar-refractivity contribution in [1.29, 1.82) is 0 Å². The molecule has 0 aliphatic rings. The van der Waals surface area contributed by atoms with Crippen molar-refractivity contribution >= 4 is 22.8 Å². The van der Waals surface area contributed by atoms with Gasteiger partial charge in [-0.25, -0.2) is 14.3 Å². The molecule has 1 N–H and O–H groups in total. The maximum Gasteiger partial charge on any atom is 0.332 e. The molecule has 0 saturated carbocycles. The molecule has 0 atom stereocenters. The fourth-order valence-corrected chi connectivity index (χ4v) is 3.57. The van der Waals surface area contributed by atoms with Gasteiger partial charge >= 0.3 is 5.69 Å². The third-order valence-corrected chi connectivity index (χ3v) is 5.23. The topological polar surface area (TPSA) is 91.3 Å². The van der Waals surface area contributed by atoms with E-state index in [1.807, 2.05) is 31.2 Å². The summed E-state index contributed by atoms with van der Waals surface area (Å²) in [6.45, 7) is 4.07. The fraction of sp³-hybridized carbons (Fsp3) is 0.227. The predicted molar refractivity (Wildman–Crippen MR) is 118 cm³/mol. The summed E-state index contributed by atoms with van der Waals surface area (Å²) in [7, 11) is 3.01. The Hall–Kier alpha value is -3.52. The van der Waals surface area contributed by atoms with Crippen molar-refractivity contribution in [2.75, 3.05) is 14.2 Å². The van der Waals surface area contributed by atoms with Gasteiger partial charge in [-0.1, -0.05) is 35.9 Å². The normalized spacial score (nSPS) is 11.0. The Bertz CT molecular complexity index is 1330. The summed E-state index contributed by atoms with van der Waals surface area (Å²) in [4.78, 5) is 24.2. The van der Waals surface area contributed by atoms with E-state index in [-0.39, 0.29) is 5.88 Å². The second-order valence-corrected chi connectivity index (χ2v) is 7.32. The van der Waals surface area contributed by atoms with E-state index in [1.54, 1.807) is 19.1 Å². The molecule has 0 bridgehead atoms. The molecule has 0 aliphatic carbocycles. The number of rotatable bonds is 6. The summed E-state index contributed by atoms with van der Waals surface area (Å²) in [5, 5.41) is 0.304. The van der Waals surface area contributed by atoms with Crippen molar-refractivity contribution < 1.29 is 14.2 Å². The molecule has 9 heteroatoms. The first-order valence-electron chi connectivity index (χ1n) is 9.51. The predicted octanol–water partition coefficient (Wildman–Crippen LogP) is 3.98. The van der Waals surface area contributed by atoms with E-state index in [4.69, 9.17) is 25.8 Å². The summed E-state index contributed by atoms with van der Waals surface area (Å²) in [6, 6.07) is 11.2. The Morgan fingerprint density at radius 3 is 2.55 bits per heavy atom. The van der Waals surface area contributed by atoms with E-state index in [2.05, 4.69) is 15.0 Å². The molecule has 0 spiro atoms. The van der Waals surface area contributed by atoms with Crippen LogP contribution in [0, 0.1) is 13.8 Å². The van der Waals surface area contributed by atoms with Gasteiger partial charge < -0.3 is 14.2 Å². The number of H-pyrrole nitrogens is 1. The van der Waals surface area contributed by atoms with Crippen LogP contribution in [0.1, 0.15) is 17.0 Å². The van der Waals surface area contributed by atoms with Crippen molar-refractivity contribution in [3.8, 4) is 23.1 Å². The quantitative estimate of drug-likeness (QED) is 0.487. The number of imidazole rings is 1. The largest absolute Gasteiger partial charge is 0.493 e. The summed E-state index contributed by atoms with van der Waals surface area (Å²) < 4.78 is 18.1. The summed E-state index contributed by atoms with van der Waals surface area (Å²) in [5.41, 5.74) is 2.86. The smallest absolute Gasteiger partial charge is 0.332 e. The van der Waals surface area contributed by atoms with Gasteiger partial charge in [0.2, 0.25) is 5.88 Å².